The molecule has 1 fully saturated rings. The number of aryl methyl sites for hydroxylation is 1. The summed E-state index contributed by atoms with van der Waals surface area (Å²) in [6.07, 6.45) is 0. The Morgan fingerprint density at radius 1 is 1.11 bits per heavy atom. The van der Waals surface area contributed by atoms with E-state index in [1.165, 1.54) is 0 Å². The van der Waals surface area contributed by atoms with Gasteiger partial charge >= 0.3 is 0 Å². The molecule has 1 amide bonds. The molecule has 0 spiro atoms. The maximum absolute atomic E-state index is 12.5. The van der Waals surface area contributed by atoms with Gasteiger partial charge in [0.2, 0.25) is 5.76 Å². The predicted molar refractivity (Wildman–Crippen MR) is 99.7 cm³/mol. The van der Waals surface area contributed by atoms with E-state index in [0.717, 1.165) is 16.9 Å². The standard InChI is InChI=1S/C19H19N5O3/c1-13-11-16(27-22-13)19(26)24-9-7-23(8-10-24)15-12-17(25)20-21-18(15)14-5-3-2-4-6-14/h2-6,11-12H,7-10H2,1H3,(H,20,25). The molecular weight excluding hydrogens is 346 g/mol. The molecule has 0 aliphatic carbocycles. The summed E-state index contributed by atoms with van der Waals surface area (Å²) in [5.74, 6) is 0.0892. The summed E-state index contributed by atoms with van der Waals surface area (Å²) in [5.41, 5.74) is 2.85. The van der Waals surface area contributed by atoms with Gasteiger partial charge in [0.1, 0.15) is 5.69 Å². The summed E-state index contributed by atoms with van der Waals surface area (Å²) in [6, 6.07) is 12.9. The Bertz CT molecular complexity index is 1000. The number of H-pyrrole nitrogens is 1. The predicted octanol–water partition coefficient (Wildman–Crippen LogP) is 1.70. The van der Waals surface area contributed by atoms with Gasteiger partial charge in [-0.3, -0.25) is 9.59 Å². The number of carbonyl (C=O) groups is 1. The largest absolute Gasteiger partial charge is 0.366 e. The average Bonchev–Trinajstić information content (AvgIpc) is 3.14. The molecule has 0 unspecified atom stereocenters. The second-order valence-electron chi connectivity index (χ2n) is 6.44. The van der Waals surface area contributed by atoms with Crippen molar-refractivity contribution in [2.24, 2.45) is 0 Å². The number of anilines is 1. The van der Waals surface area contributed by atoms with Gasteiger partial charge in [0, 0.05) is 43.9 Å². The van der Waals surface area contributed by atoms with Crippen LogP contribution >= 0.6 is 0 Å². The smallest absolute Gasteiger partial charge is 0.292 e. The number of aromatic nitrogens is 3. The van der Waals surface area contributed by atoms with Gasteiger partial charge in [0.25, 0.3) is 11.5 Å². The van der Waals surface area contributed by atoms with Gasteiger partial charge in [-0.2, -0.15) is 5.10 Å². The lowest BCUT2D eigenvalue weighted by atomic mass is 10.1. The van der Waals surface area contributed by atoms with Crippen LogP contribution in [-0.4, -0.2) is 52.3 Å². The molecule has 3 heterocycles. The zero-order valence-corrected chi connectivity index (χ0v) is 14.9. The SMILES string of the molecule is Cc1cc(C(=O)N2CCN(c3cc(=O)[nH]nc3-c3ccccc3)CC2)on1. The first-order chi connectivity index (χ1) is 13.1. The van der Waals surface area contributed by atoms with Crippen molar-refractivity contribution in [2.45, 2.75) is 6.92 Å². The molecule has 3 aromatic rings. The monoisotopic (exact) mass is 365 g/mol. The summed E-state index contributed by atoms with van der Waals surface area (Å²) in [5, 5.41) is 10.5. The number of nitrogens with one attached hydrogen (secondary N) is 1. The van der Waals surface area contributed by atoms with Crippen LogP contribution in [0, 0.1) is 6.92 Å². The summed E-state index contributed by atoms with van der Waals surface area (Å²) >= 11 is 0. The maximum atomic E-state index is 12.5. The number of amides is 1. The molecular formula is C19H19N5O3. The lowest BCUT2D eigenvalue weighted by molar-refractivity contribution is 0.0705. The molecule has 0 radical (unpaired) electrons. The molecule has 1 aliphatic heterocycles. The molecule has 1 aromatic carbocycles. The highest BCUT2D eigenvalue weighted by Gasteiger charge is 2.26. The number of aromatic amines is 1. The van der Waals surface area contributed by atoms with E-state index in [9.17, 15) is 9.59 Å². The number of carbonyl (C=O) groups excluding carboxylic acids is 1. The zero-order chi connectivity index (χ0) is 18.8. The highest BCUT2D eigenvalue weighted by Crippen LogP contribution is 2.27. The second-order valence-corrected chi connectivity index (χ2v) is 6.44. The van der Waals surface area contributed by atoms with Crippen molar-refractivity contribution in [1.29, 1.82) is 0 Å². The minimum atomic E-state index is -0.250. The lowest BCUT2D eigenvalue weighted by Gasteiger charge is -2.36. The number of nitrogens with zero attached hydrogens (tertiary/aromatic N) is 4. The third-order valence-electron chi connectivity index (χ3n) is 4.58. The minimum absolute atomic E-state index is 0.164. The number of hydrogen-bond acceptors (Lipinski definition) is 6. The van der Waals surface area contributed by atoms with Crippen LogP contribution in [0.15, 0.2) is 51.8 Å². The second kappa shape index (κ2) is 7.06. The molecule has 0 bridgehead atoms. The summed E-state index contributed by atoms with van der Waals surface area (Å²) in [6.45, 7) is 4.04. The average molecular weight is 365 g/mol. The zero-order valence-electron chi connectivity index (χ0n) is 14.9. The molecule has 8 nitrogen and oxygen atoms in total. The van der Waals surface area contributed by atoms with Crippen LogP contribution in [0.25, 0.3) is 11.3 Å². The van der Waals surface area contributed by atoms with Crippen LogP contribution in [0.1, 0.15) is 16.2 Å². The van der Waals surface area contributed by atoms with Crippen molar-refractivity contribution in [3.63, 3.8) is 0 Å². The Morgan fingerprint density at radius 2 is 1.85 bits per heavy atom. The van der Waals surface area contributed by atoms with Gasteiger partial charge in [-0.05, 0) is 6.92 Å². The molecule has 138 valence electrons. The van der Waals surface area contributed by atoms with E-state index in [4.69, 9.17) is 4.52 Å². The lowest BCUT2D eigenvalue weighted by Crippen LogP contribution is -2.49. The molecule has 1 saturated heterocycles. The molecule has 0 saturated carbocycles. The number of rotatable bonds is 3. The topological polar surface area (TPSA) is 95.3 Å². The van der Waals surface area contributed by atoms with E-state index < -0.39 is 0 Å². The quantitative estimate of drug-likeness (QED) is 0.759. The summed E-state index contributed by atoms with van der Waals surface area (Å²) < 4.78 is 5.07. The van der Waals surface area contributed by atoms with Crippen LogP contribution in [0.3, 0.4) is 0 Å². The molecule has 1 N–H and O–H groups in total. The highest BCUT2D eigenvalue weighted by atomic mass is 16.5. The van der Waals surface area contributed by atoms with Crippen molar-refractivity contribution in [3.8, 4) is 11.3 Å². The van der Waals surface area contributed by atoms with Crippen molar-refractivity contribution in [1.82, 2.24) is 20.3 Å². The Balaban J connectivity index is 1.54. The Morgan fingerprint density at radius 3 is 2.52 bits per heavy atom. The van der Waals surface area contributed by atoms with Crippen LogP contribution in [-0.2, 0) is 0 Å². The van der Waals surface area contributed by atoms with Gasteiger partial charge in [0.05, 0.1) is 11.4 Å². The molecule has 4 rings (SSSR count). The van der Waals surface area contributed by atoms with Crippen molar-refractivity contribution in [2.75, 3.05) is 31.1 Å². The first kappa shape index (κ1) is 17.0. The van der Waals surface area contributed by atoms with E-state index in [2.05, 4.69) is 20.3 Å². The Hall–Kier alpha value is -3.42. The van der Waals surface area contributed by atoms with Gasteiger partial charge in [0.15, 0.2) is 0 Å². The number of hydrogen-bond donors (Lipinski definition) is 1. The summed E-state index contributed by atoms with van der Waals surface area (Å²) in [4.78, 5) is 28.2. The van der Waals surface area contributed by atoms with Gasteiger partial charge in [-0.15, -0.1) is 0 Å². The third kappa shape index (κ3) is 3.46. The van der Waals surface area contributed by atoms with Gasteiger partial charge in [-0.25, -0.2) is 5.10 Å². The van der Waals surface area contributed by atoms with Gasteiger partial charge in [-0.1, -0.05) is 35.5 Å². The molecule has 0 atom stereocenters. The Labute approximate surface area is 155 Å². The number of benzene rings is 1. The third-order valence-corrected chi connectivity index (χ3v) is 4.58. The van der Waals surface area contributed by atoms with Crippen molar-refractivity contribution < 1.29 is 9.32 Å². The maximum Gasteiger partial charge on any atom is 0.292 e. The highest BCUT2D eigenvalue weighted by molar-refractivity contribution is 5.91. The van der Waals surface area contributed by atoms with E-state index in [1.54, 1.807) is 24.0 Å². The van der Waals surface area contributed by atoms with Crippen molar-refractivity contribution in [3.05, 3.63) is 64.3 Å². The Kier molecular flexibility index (Phi) is 4.45. The fraction of sp³-hybridized carbons (Fsp3) is 0.263. The van der Waals surface area contributed by atoms with Crippen LogP contribution in [0.5, 0.6) is 0 Å². The molecule has 8 heteroatoms. The van der Waals surface area contributed by atoms with Crippen molar-refractivity contribution >= 4 is 11.6 Å². The van der Waals surface area contributed by atoms with Crippen LogP contribution < -0.4 is 10.5 Å². The molecule has 2 aromatic heterocycles. The van der Waals surface area contributed by atoms with E-state index in [0.29, 0.717) is 31.9 Å². The molecule has 27 heavy (non-hydrogen) atoms. The number of piperazine rings is 1. The fourth-order valence-corrected chi connectivity index (χ4v) is 3.21. The van der Waals surface area contributed by atoms with E-state index in [-0.39, 0.29) is 17.2 Å². The summed E-state index contributed by atoms with van der Waals surface area (Å²) in [7, 11) is 0. The van der Waals surface area contributed by atoms with E-state index in [1.807, 2.05) is 30.3 Å². The first-order valence-corrected chi connectivity index (χ1v) is 8.74. The van der Waals surface area contributed by atoms with Crippen LogP contribution in [0.4, 0.5) is 5.69 Å². The first-order valence-electron chi connectivity index (χ1n) is 8.74. The molecule has 1 aliphatic rings. The normalized spacial score (nSPS) is 14.4. The van der Waals surface area contributed by atoms with Gasteiger partial charge < -0.3 is 14.3 Å². The van der Waals surface area contributed by atoms with E-state index >= 15 is 0 Å². The minimum Gasteiger partial charge on any atom is -0.366 e. The fourth-order valence-electron chi connectivity index (χ4n) is 3.21. The van der Waals surface area contributed by atoms with Crippen LogP contribution in [0.2, 0.25) is 0 Å².